The van der Waals surface area contributed by atoms with Gasteiger partial charge >= 0.3 is 19.8 Å². The normalized spacial score (nSPS) is 14.2. The largest absolute Gasteiger partial charge is 0.472 e. The predicted molar refractivity (Wildman–Crippen MR) is 230 cm³/mol. The van der Waals surface area contributed by atoms with Gasteiger partial charge in [0.1, 0.15) is 6.61 Å². The fourth-order valence-corrected chi connectivity index (χ4v) is 5.89. The van der Waals surface area contributed by atoms with Crippen molar-refractivity contribution in [2.24, 2.45) is 0 Å². The first-order chi connectivity index (χ1) is 26.8. The second kappa shape index (κ2) is 40.9. The van der Waals surface area contributed by atoms with Crippen molar-refractivity contribution in [2.75, 3.05) is 20.3 Å². The van der Waals surface area contributed by atoms with Crippen LogP contribution in [0.3, 0.4) is 0 Å². The van der Waals surface area contributed by atoms with Crippen molar-refractivity contribution in [3.05, 3.63) is 85.1 Å². The number of phosphoric ester groups is 1. The molecule has 9 heteroatoms. The second-order valence-corrected chi connectivity index (χ2v) is 15.3. The molecule has 0 aromatic heterocycles. The molecule has 0 aliphatic carbocycles. The molecule has 0 aromatic carbocycles. The zero-order valence-electron chi connectivity index (χ0n) is 34.8. The van der Waals surface area contributed by atoms with Crippen molar-refractivity contribution in [1.82, 2.24) is 0 Å². The second-order valence-electron chi connectivity index (χ2n) is 13.7. The lowest BCUT2D eigenvalue weighted by Gasteiger charge is -2.19. The van der Waals surface area contributed by atoms with Gasteiger partial charge in [-0.2, -0.15) is 0 Å². The number of unbranched alkanes of at least 4 members (excludes halogenated alkanes) is 13. The van der Waals surface area contributed by atoms with E-state index in [9.17, 15) is 19.0 Å². The minimum absolute atomic E-state index is 0.228. The van der Waals surface area contributed by atoms with Crippen LogP contribution in [0, 0.1) is 0 Å². The summed E-state index contributed by atoms with van der Waals surface area (Å²) in [7, 11) is -3.22. The molecule has 2 atom stereocenters. The van der Waals surface area contributed by atoms with Crippen LogP contribution < -0.4 is 0 Å². The Balaban J connectivity index is 4.01. The van der Waals surface area contributed by atoms with Crippen molar-refractivity contribution in [3.63, 3.8) is 0 Å². The molecule has 0 rings (SSSR count). The average molecular weight is 789 g/mol. The summed E-state index contributed by atoms with van der Waals surface area (Å²) in [5.41, 5.74) is 0. The maximum Gasteiger partial charge on any atom is 0.472 e. The first kappa shape index (κ1) is 52.2. The van der Waals surface area contributed by atoms with Crippen LogP contribution in [0.2, 0.25) is 0 Å². The van der Waals surface area contributed by atoms with Gasteiger partial charge in [-0.05, 0) is 83.5 Å². The van der Waals surface area contributed by atoms with Crippen LogP contribution in [-0.4, -0.2) is 43.3 Å². The summed E-state index contributed by atoms with van der Waals surface area (Å²) in [4.78, 5) is 34.4. The van der Waals surface area contributed by atoms with Gasteiger partial charge in [-0.15, -0.1) is 0 Å². The predicted octanol–water partition coefficient (Wildman–Crippen LogP) is 13.5. The number of esters is 2. The van der Waals surface area contributed by atoms with Gasteiger partial charge in [-0.25, -0.2) is 4.57 Å². The van der Waals surface area contributed by atoms with Crippen LogP contribution >= 0.6 is 7.82 Å². The van der Waals surface area contributed by atoms with Gasteiger partial charge in [0, 0.05) is 20.0 Å². The topological polar surface area (TPSA) is 108 Å². The van der Waals surface area contributed by atoms with Gasteiger partial charge in [0.2, 0.25) is 0 Å². The third-order valence-electron chi connectivity index (χ3n) is 8.63. The van der Waals surface area contributed by atoms with Crippen LogP contribution in [0.5, 0.6) is 0 Å². The van der Waals surface area contributed by atoms with Crippen LogP contribution in [0.4, 0.5) is 0 Å². The summed E-state index contributed by atoms with van der Waals surface area (Å²) in [5, 5.41) is 0. The van der Waals surface area contributed by atoms with E-state index in [0.717, 1.165) is 97.0 Å². The maximum absolute atomic E-state index is 12.5. The Labute approximate surface area is 335 Å². The molecular formula is C46H77O8P. The number of carbonyl (C=O) groups is 2. The number of phosphoric acid groups is 1. The Hall–Kier alpha value is -2.77. The molecule has 0 fully saturated rings. The van der Waals surface area contributed by atoms with Gasteiger partial charge < -0.3 is 14.4 Å². The van der Waals surface area contributed by atoms with Crippen LogP contribution in [0.1, 0.15) is 168 Å². The molecule has 314 valence electrons. The minimum atomic E-state index is -4.27. The average Bonchev–Trinajstić information content (AvgIpc) is 3.18. The number of allylic oxidation sites excluding steroid dienone is 14. The molecule has 0 heterocycles. The quantitative estimate of drug-likeness (QED) is 0.0285. The zero-order chi connectivity index (χ0) is 40.3. The van der Waals surface area contributed by atoms with E-state index in [1.807, 2.05) is 0 Å². The lowest BCUT2D eigenvalue weighted by Crippen LogP contribution is -2.29. The van der Waals surface area contributed by atoms with Gasteiger partial charge in [0.05, 0.1) is 6.61 Å². The Bertz CT molecular complexity index is 1170. The highest BCUT2D eigenvalue weighted by Gasteiger charge is 2.24. The monoisotopic (exact) mass is 789 g/mol. The van der Waals surface area contributed by atoms with E-state index in [2.05, 4.69) is 103 Å². The van der Waals surface area contributed by atoms with Crippen molar-refractivity contribution in [3.8, 4) is 0 Å². The number of hydrogen-bond acceptors (Lipinski definition) is 7. The maximum atomic E-state index is 12.5. The zero-order valence-corrected chi connectivity index (χ0v) is 35.7. The smallest absolute Gasteiger partial charge is 0.462 e. The summed E-state index contributed by atoms with van der Waals surface area (Å²) < 4.78 is 31.9. The molecule has 0 saturated carbocycles. The minimum Gasteiger partial charge on any atom is -0.462 e. The van der Waals surface area contributed by atoms with Crippen LogP contribution in [-0.2, 0) is 32.7 Å². The summed E-state index contributed by atoms with van der Waals surface area (Å²) in [6, 6.07) is 0. The Kier molecular flexibility index (Phi) is 38.8. The highest BCUT2D eigenvalue weighted by atomic mass is 31.2. The Morgan fingerprint density at radius 1 is 0.509 bits per heavy atom. The summed E-state index contributed by atoms with van der Waals surface area (Å²) >= 11 is 0. The van der Waals surface area contributed by atoms with E-state index >= 15 is 0 Å². The molecular weight excluding hydrogens is 711 g/mol. The molecule has 0 amide bonds. The first-order valence-corrected chi connectivity index (χ1v) is 22.8. The van der Waals surface area contributed by atoms with Gasteiger partial charge in [-0.1, -0.05) is 157 Å². The van der Waals surface area contributed by atoms with E-state index in [1.54, 1.807) is 0 Å². The van der Waals surface area contributed by atoms with E-state index in [0.29, 0.717) is 12.8 Å². The van der Waals surface area contributed by atoms with Gasteiger partial charge in [0.15, 0.2) is 6.10 Å². The molecule has 2 unspecified atom stereocenters. The summed E-state index contributed by atoms with van der Waals surface area (Å²) in [5.74, 6) is -0.850. The van der Waals surface area contributed by atoms with Crippen molar-refractivity contribution in [1.29, 1.82) is 0 Å². The highest BCUT2D eigenvalue weighted by molar-refractivity contribution is 7.47. The van der Waals surface area contributed by atoms with Crippen molar-refractivity contribution >= 4 is 19.8 Å². The fourth-order valence-electron chi connectivity index (χ4n) is 5.43. The molecule has 0 spiro atoms. The highest BCUT2D eigenvalue weighted by Crippen LogP contribution is 2.42. The number of rotatable bonds is 38. The van der Waals surface area contributed by atoms with E-state index in [-0.39, 0.29) is 19.4 Å². The first-order valence-electron chi connectivity index (χ1n) is 21.3. The number of ether oxygens (including phenoxy) is 2. The summed E-state index contributed by atoms with van der Waals surface area (Å²) in [6.07, 6.45) is 53.6. The molecule has 0 aliphatic heterocycles. The number of carbonyl (C=O) groups excluding carboxylic acids is 2. The van der Waals surface area contributed by atoms with E-state index in [1.165, 1.54) is 38.5 Å². The van der Waals surface area contributed by atoms with Crippen LogP contribution in [0.25, 0.3) is 0 Å². The van der Waals surface area contributed by atoms with Crippen molar-refractivity contribution in [2.45, 2.75) is 174 Å². The molecule has 1 N–H and O–H groups in total. The van der Waals surface area contributed by atoms with Gasteiger partial charge in [0.25, 0.3) is 0 Å². The molecule has 0 aromatic rings. The summed E-state index contributed by atoms with van der Waals surface area (Å²) in [6.45, 7) is 3.62. The van der Waals surface area contributed by atoms with E-state index < -0.39 is 32.5 Å². The molecule has 8 nitrogen and oxygen atoms in total. The lowest BCUT2D eigenvalue weighted by molar-refractivity contribution is -0.161. The molecule has 0 saturated heterocycles. The van der Waals surface area contributed by atoms with Crippen LogP contribution in [0.15, 0.2) is 85.1 Å². The number of hydrogen-bond donors (Lipinski definition) is 1. The molecule has 0 radical (unpaired) electrons. The third-order valence-corrected chi connectivity index (χ3v) is 9.57. The van der Waals surface area contributed by atoms with Gasteiger partial charge in [-0.3, -0.25) is 18.6 Å². The Morgan fingerprint density at radius 2 is 0.873 bits per heavy atom. The molecule has 55 heavy (non-hydrogen) atoms. The molecule has 0 aliphatic rings. The van der Waals surface area contributed by atoms with Crippen molar-refractivity contribution < 1.29 is 37.6 Å². The lowest BCUT2D eigenvalue weighted by atomic mass is 10.0. The SMILES string of the molecule is CC/C=C\C/C=C\C/C=C\C/C=C\CCCCCCCCCCCCC(=O)OC(COC(=O)CCCCC/C=C\C/C=C\C/C=C\CC)COP(=O)(O)OC. The third kappa shape index (κ3) is 40.7. The fraction of sp³-hybridized carbons (Fsp3) is 0.652. The molecule has 0 bridgehead atoms. The van der Waals surface area contributed by atoms with E-state index in [4.69, 9.17) is 14.0 Å². The standard InChI is InChI=1S/C46H77O8P/c1-4-6-8-10-12-14-16-18-19-20-21-22-23-24-25-26-27-29-31-33-35-37-39-41-46(48)54-44(43-53-55(49,50)51-3)42-52-45(47)40-38-36-34-32-30-28-17-15-13-11-9-7-5-2/h6-9,12-15,18-19,21-22,28,30,44H,4-5,10-11,16-17,20,23-27,29,31-43H2,1-3H3,(H,49,50)/b8-6-,9-7-,14-12-,15-13-,19-18-,22-21-,30-28-. The Morgan fingerprint density at radius 3 is 1.31 bits per heavy atom.